The Morgan fingerprint density at radius 3 is 2.94 bits per heavy atom. The second-order valence-corrected chi connectivity index (χ2v) is 4.47. The monoisotopic (exact) mass is 236 g/mol. The third kappa shape index (κ3) is 1.47. The number of hydrogen-bond acceptors (Lipinski definition) is 2. The third-order valence-corrected chi connectivity index (χ3v) is 3.57. The van der Waals surface area contributed by atoms with Gasteiger partial charge < -0.3 is 4.42 Å². The van der Waals surface area contributed by atoms with Crippen molar-refractivity contribution in [3.63, 3.8) is 0 Å². The summed E-state index contributed by atoms with van der Waals surface area (Å²) in [6.07, 6.45) is 5.44. The average molecular weight is 237 g/mol. The lowest BCUT2D eigenvalue weighted by molar-refractivity contribution is 0.409. The molecule has 3 rings (SSSR count). The van der Waals surface area contributed by atoms with Gasteiger partial charge in [-0.15, -0.1) is 11.6 Å². The summed E-state index contributed by atoms with van der Waals surface area (Å²) in [5.74, 6) is 1.89. The van der Waals surface area contributed by atoms with Crippen molar-refractivity contribution in [3.05, 3.63) is 29.7 Å². The van der Waals surface area contributed by atoms with E-state index in [2.05, 4.69) is 10.2 Å². The van der Waals surface area contributed by atoms with Gasteiger partial charge >= 0.3 is 0 Å². The van der Waals surface area contributed by atoms with E-state index in [4.69, 9.17) is 16.0 Å². The van der Waals surface area contributed by atoms with E-state index in [0.29, 0.717) is 11.8 Å². The Balaban J connectivity index is 2.02. The molecule has 2 aromatic heterocycles. The first-order valence-electron chi connectivity index (χ1n) is 5.57. The Labute approximate surface area is 98.8 Å². The Hall–Kier alpha value is -1.22. The molecule has 16 heavy (non-hydrogen) atoms. The lowest BCUT2D eigenvalue weighted by Gasteiger charge is -2.24. The van der Waals surface area contributed by atoms with Gasteiger partial charge in [-0.25, -0.2) is 0 Å². The summed E-state index contributed by atoms with van der Waals surface area (Å²) in [7, 11) is 0. The van der Waals surface area contributed by atoms with Gasteiger partial charge in [-0.3, -0.25) is 5.10 Å². The Bertz CT molecular complexity index is 471. The molecule has 1 N–H and O–H groups in total. The molecule has 0 aromatic carbocycles. The highest BCUT2D eigenvalue weighted by molar-refractivity contribution is 6.17. The normalized spacial score (nSPS) is 16.3. The van der Waals surface area contributed by atoms with Gasteiger partial charge in [0.1, 0.15) is 5.69 Å². The minimum atomic E-state index is 0.484. The number of halogens is 1. The molecular formula is C12H13ClN2O. The van der Waals surface area contributed by atoms with Crippen molar-refractivity contribution >= 4 is 11.6 Å². The van der Waals surface area contributed by atoms with Crippen LogP contribution in [0.3, 0.4) is 0 Å². The summed E-state index contributed by atoms with van der Waals surface area (Å²) in [5, 5.41) is 7.45. The Morgan fingerprint density at radius 2 is 2.38 bits per heavy atom. The largest absolute Gasteiger partial charge is 0.463 e. The standard InChI is InChI=1S/C12H13ClN2O/c13-7-9-11(8-3-1-4-8)14-15-12(9)10-5-2-6-16-10/h2,5-6,8H,1,3-4,7H2,(H,14,15). The topological polar surface area (TPSA) is 41.8 Å². The minimum absolute atomic E-state index is 0.484. The molecule has 1 fully saturated rings. The van der Waals surface area contributed by atoms with E-state index in [1.165, 1.54) is 25.0 Å². The van der Waals surface area contributed by atoms with Crippen LogP contribution in [-0.4, -0.2) is 10.2 Å². The van der Waals surface area contributed by atoms with Crippen LogP contribution < -0.4 is 0 Å². The highest BCUT2D eigenvalue weighted by atomic mass is 35.5. The van der Waals surface area contributed by atoms with Gasteiger partial charge in [0.25, 0.3) is 0 Å². The van der Waals surface area contributed by atoms with E-state index in [-0.39, 0.29) is 0 Å². The second-order valence-electron chi connectivity index (χ2n) is 4.20. The molecule has 1 aliphatic carbocycles. The maximum atomic E-state index is 6.02. The van der Waals surface area contributed by atoms with Crippen molar-refractivity contribution in [2.24, 2.45) is 0 Å². The maximum absolute atomic E-state index is 6.02. The maximum Gasteiger partial charge on any atom is 0.154 e. The smallest absolute Gasteiger partial charge is 0.154 e. The van der Waals surface area contributed by atoms with Crippen molar-refractivity contribution < 1.29 is 4.42 Å². The van der Waals surface area contributed by atoms with Crippen LogP contribution in [0.5, 0.6) is 0 Å². The molecule has 0 saturated heterocycles. The molecule has 4 heteroatoms. The quantitative estimate of drug-likeness (QED) is 0.826. The highest BCUT2D eigenvalue weighted by Gasteiger charge is 2.26. The van der Waals surface area contributed by atoms with Crippen LogP contribution in [0.2, 0.25) is 0 Å². The molecule has 0 aliphatic heterocycles. The summed E-state index contributed by atoms with van der Waals surface area (Å²) in [5.41, 5.74) is 3.16. The van der Waals surface area contributed by atoms with Gasteiger partial charge in [0.2, 0.25) is 0 Å². The van der Waals surface area contributed by atoms with Crippen LogP contribution in [0.15, 0.2) is 22.8 Å². The van der Waals surface area contributed by atoms with Crippen LogP contribution >= 0.6 is 11.6 Å². The van der Waals surface area contributed by atoms with Gasteiger partial charge in [-0.05, 0) is 25.0 Å². The van der Waals surface area contributed by atoms with E-state index >= 15 is 0 Å². The van der Waals surface area contributed by atoms with Crippen molar-refractivity contribution in [2.75, 3.05) is 0 Å². The number of furan rings is 1. The average Bonchev–Trinajstić information content (AvgIpc) is 2.81. The van der Waals surface area contributed by atoms with Gasteiger partial charge in [0.15, 0.2) is 5.76 Å². The lowest BCUT2D eigenvalue weighted by atomic mass is 9.81. The van der Waals surface area contributed by atoms with Crippen molar-refractivity contribution in [3.8, 4) is 11.5 Å². The Morgan fingerprint density at radius 1 is 1.50 bits per heavy atom. The molecule has 0 bridgehead atoms. The number of H-pyrrole nitrogens is 1. The number of nitrogens with zero attached hydrogens (tertiary/aromatic N) is 1. The van der Waals surface area contributed by atoms with E-state index in [1.54, 1.807) is 6.26 Å². The molecular weight excluding hydrogens is 224 g/mol. The predicted octanol–water partition coefficient (Wildman–Crippen LogP) is 3.68. The molecule has 1 saturated carbocycles. The first-order valence-corrected chi connectivity index (χ1v) is 6.10. The van der Waals surface area contributed by atoms with Crippen molar-refractivity contribution in [1.29, 1.82) is 0 Å². The van der Waals surface area contributed by atoms with E-state index in [9.17, 15) is 0 Å². The van der Waals surface area contributed by atoms with E-state index < -0.39 is 0 Å². The summed E-state index contributed by atoms with van der Waals surface area (Å²) in [6.45, 7) is 0. The van der Waals surface area contributed by atoms with Gasteiger partial charge in [-0.1, -0.05) is 6.42 Å². The van der Waals surface area contributed by atoms with Crippen LogP contribution in [0.4, 0.5) is 0 Å². The van der Waals surface area contributed by atoms with Crippen LogP contribution in [0.25, 0.3) is 11.5 Å². The molecule has 1 aliphatic rings. The minimum Gasteiger partial charge on any atom is -0.463 e. The molecule has 0 amide bonds. The van der Waals surface area contributed by atoms with Crippen LogP contribution in [0.1, 0.15) is 36.4 Å². The zero-order valence-electron chi connectivity index (χ0n) is 8.87. The lowest BCUT2D eigenvalue weighted by Crippen LogP contribution is -2.10. The number of alkyl halides is 1. The van der Waals surface area contributed by atoms with Gasteiger partial charge in [0, 0.05) is 17.2 Å². The molecule has 84 valence electrons. The zero-order valence-corrected chi connectivity index (χ0v) is 9.63. The highest BCUT2D eigenvalue weighted by Crippen LogP contribution is 2.39. The molecule has 0 radical (unpaired) electrons. The third-order valence-electron chi connectivity index (χ3n) is 3.30. The van der Waals surface area contributed by atoms with Gasteiger partial charge in [-0.2, -0.15) is 5.10 Å². The number of aromatic nitrogens is 2. The van der Waals surface area contributed by atoms with Crippen LogP contribution in [0, 0.1) is 0 Å². The summed E-state index contributed by atoms with van der Waals surface area (Å²) in [6, 6.07) is 3.78. The first-order chi connectivity index (χ1) is 7.90. The fraction of sp³-hybridized carbons (Fsp3) is 0.417. The molecule has 0 atom stereocenters. The number of aromatic amines is 1. The first kappa shape index (κ1) is 9.97. The summed E-state index contributed by atoms with van der Waals surface area (Å²) < 4.78 is 5.37. The predicted molar refractivity (Wildman–Crippen MR) is 62.4 cm³/mol. The fourth-order valence-electron chi connectivity index (χ4n) is 2.17. The molecule has 0 unspecified atom stereocenters. The number of nitrogens with one attached hydrogen (secondary N) is 1. The van der Waals surface area contributed by atoms with Crippen LogP contribution in [-0.2, 0) is 5.88 Å². The van der Waals surface area contributed by atoms with E-state index in [1.807, 2.05) is 12.1 Å². The molecule has 2 aromatic rings. The van der Waals surface area contributed by atoms with Gasteiger partial charge in [0.05, 0.1) is 12.1 Å². The summed E-state index contributed by atoms with van der Waals surface area (Å²) in [4.78, 5) is 0. The fourth-order valence-corrected chi connectivity index (χ4v) is 2.44. The van der Waals surface area contributed by atoms with Crippen molar-refractivity contribution in [1.82, 2.24) is 10.2 Å². The molecule has 2 heterocycles. The van der Waals surface area contributed by atoms with Crippen molar-refractivity contribution in [2.45, 2.75) is 31.1 Å². The second kappa shape index (κ2) is 3.98. The molecule has 0 spiro atoms. The number of hydrogen-bond donors (Lipinski definition) is 1. The SMILES string of the molecule is ClCc1c(-c2ccco2)n[nH]c1C1CCC1. The Kier molecular flexibility index (Phi) is 2.48. The van der Waals surface area contributed by atoms with E-state index in [0.717, 1.165) is 17.0 Å². The number of rotatable bonds is 3. The zero-order chi connectivity index (χ0) is 11.0. The molecule has 3 nitrogen and oxygen atoms in total. The summed E-state index contributed by atoms with van der Waals surface area (Å²) >= 11 is 6.02.